The van der Waals surface area contributed by atoms with Crippen molar-refractivity contribution in [2.45, 2.75) is 17.9 Å². The smallest absolute Gasteiger partial charge is 0.238 e. The fourth-order valence-corrected chi connectivity index (χ4v) is 2.37. The molecule has 0 radical (unpaired) electrons. The van der Waals surface area contributed by atoms with Crippen molar-refractivity contribution >= 4 is 15.7 Å². The van der Waals surface area contributed by atoms with E-state index < -0.39 is 16.1 Å². The van der Waals surface area contributed by atoms with Crippen LogP contribution in [-0.2, 0) is 10.0 Å². The van der Waals surface area contributed by atoms with Crippen molar-refractivity contribution in [2.75, 3.05) is 5.32 Å². The van der Waals surface area contributed by atoms with Crippen molar-refractivity contribution in [2.24, 2.45) is 5.14 Å². The lowest BCUT2D eigenvalue weighted by Gasteiger charge is -2.13. The molecule has 2 aromatic carbocycles. The summed E-state index contributed by atoms with van der Waals surface area (Å²) < 4.78 is 22.4. The second kappa shape index (κ2) is 5.95. The SMILES string of the molecule is Cc1ccc(NC(C#N)c2ccc(S(N)(=O)=O)cc2)cc1. The Morgan fingerprint density at radius 3 is 2.14 bits per heavy atom. The van der Waals surface area contributed by atoms with Crippen LogP contribution in [0.1, 0.15) is 17.2 Å². The first kappa shape index (κ1) is 15.0. The lowest BCUT2D eigenvalue weighted by atomic mass is 10.1. The number of nitriles is 1. The largest absolute Gasteiger partial charge is 0.366 e. The third-order valence-electron chi connectivity index (χ3n) is 3.03. The molecule has 21 heavy (non-hydrogen) atoms. The van der Waals surface area contributed by atoms with Gasteiger partial charge in [-0.05, 0) is 36.8 Å². The van der Waals surface area contributed by atoms with E-state index in [2.05, 4.69) is 11.4 Å². The van der Waals surface area contributed by atoms with Gasteiger partial charge in [-0.15, -0.1) is 0 Å². The minimum atomic E-state index is -3.72. The molecule has 1 unspecified atom stereocenters. The molecule has 3 N–H and O–H groups in total. The number of hydrogen-bond donors (Lipinski definition) is 2. The summed E-state index contributed by atoms with van der Waals surface area (Å²) in [5.41, 5.74) is 2.62. The Hall–Kier alpha value is -2.36. The molecule has 0 saturated heterocycles. The van der Waals surface area contributed by atoms with Crippen molar-refractivity contribution in [1.82, 2.24) is 0 Å². The lowest BCUT2D eigenvalue weighted by Crippen LogP contribution is -2.13. The molecule has 108 valence electrons. The standard InChI is InChI=1S/C15H15N3O2S/c1-11-2-6-13(7-3-11)18-15(10-16)12-4-8-14(9-5-12)21(17,19)20/h2-9,15,18H,1H3,(H2,17,19,20). The Morgan fingerprint density at radius 1 is 1.10 bits per heavy atom. The van der Waals surface area contributed by atoms with Crippen LogP contribution in [-0.4, -0.2) is 8.42 Å². The molecule has 5 nitrogen and oxygen atoms in total. The number of rotatable bonds is 4. The van der Waals surface area contributed by atoms with Gasteiger partial charge < -0.3 is 5.32 Å². The maximum atomic E-state index is 11.2. The zero-order valence-electron chi connectivity index (χ0n) is 11.4. The molecule has 0 fully saturated rings. The molecule has 6 heteroatoms. The number of primary sulfonamides is 1. The average Bonchev–Trinajstić information content (AvgIpc) is 2.46. The number of benzene rings is 2. The van der Waals surface area contributed by atoms with E-state index in [0.717, 1.165) is 11.3 Å². The number of nitrogens with zero attached hydrogens (tertiary/aromatic N) is 1. The van der Waals surface area contributed by atoms with Gasteiger partial charge in [0.05, 0.1) is 11.0 Å². The van der Waals surface area contributed by atoms with Crippen LogP contribution in [0.4, 0.5) is 5.69 Å². The average molecular weight is 301 g/mol. The summed E-state index contributed by atoms with van der Waals surface area (Å²) in [5, 5.41) is 17.4. The van der Waals surface area contributed by atoms with Crippen LogP contribution in [0.3, 0.4) is 0 Å². The molecule has 0 bridgehead atoms. The Balaban J connectivity index is 2.22. The minimum absolute atomic E-state index is 0.0262. The number of nitrogens with one attached hydrogen (secondary N) is 1. The highest BCUT2D eigenvalue weighted by molar-refractivity contribution is 7.89. The first-order chi connectivity index (χ1) is 9.90. The second-order valence-corrected chi connectivity index (χ2v) is 6.25. The van der Waals surface area contributed by atoms with Gasteiger partial charge in [0.15, 0.2) is 0 Å². The molecule has 0 aromatic heterocycles. The molecule has 2 aromatic rings. The predicted molar refractivity (Wildman–Crippen MR) is 81.0 cm³/mol. The van der Waals surface area contributed by atoms with Crippen molar-refractivity contribution in [3.63, 3.8) is 0 Å². The molecular weight excluding hydrogens is 286 g/mol. The Morgan fingerprint density at radius 2 is 1.67 bits per heavy atom. The predicted octanol–water partition coefficient (Wildman–Crippen LogP) is 2.32. The molecule has 2 rings (SSSR count). The molecule has 0 aliphatic heterocycles. The van der Waals surface area contributed by atoms with Gasteiger partial charge in [-0.1, -0.05) is 29.8 Å². The first-order valence-corrected chi connectivity index (χ1v) is 7.80. The van der Waals surface area contributed by atoms with E-state index in [0.29, 0.717) is 5.56 Å². The lowest BCUT2D eigenvalue weighted by molar-refractivity contribution is 0.598. The summed E-state index contributed by atoms with van der Waals surface area (Å²) >= 11 is 0. The van der Waals surface area contributed by atoms with Crippen LogP contribution in [0.2, 0.25) is 0 Å². The summed E-state index contributed by atoms with van der Waals surface area (Å²) in [6.07, 6.45) is 0. The van der Waals surface area contributed by atoms with Gasteiger partial charge in [-0.2, -0.15) is 5.26 Å². The van der Waals surface area contributed by atoms with Crippen LogP contribution in [0.5, 0.6) is 0 Å². The maximum absolute atomic E-state index is 11.2. The molecule has 0 heterocycles. The van der Waals surface area contributed by atoms with Crippen molar-refractivity contribution in [3.05, 3.63) is 59.7 Å². The molecule has 0 aliphatic carbocycles. The van der Waals surface area contributed by atoms with Crippen LogP contribution in [0, 0.1) is 18.3 Å². The highest BCUT2D eigenvalue weighted by Gasteiger charge is 2.12. The summed E-state index contributed by atoms with van der Waals surface area (Å²) in [7, 11) is -3.72. The quantitative estimate of drug-likeness (QED) is 0.905. The number of anilines is 1. The topological polar surface area (TPSA) is 96.0 Å². The van der Waals surface area contributed by atoms with Crippen LogP contribution in [0.25, 0.3) is 0 Å². The molecule has 0 spiro atoms. The summed E-state index contributed by atoms with van der Waals surface area (Å²) in [4.78, 5) is 0.0262. The Kier molecular flexibility index (Phi) is 4.26. The highest BCUT2D eigenvalue weighted by Crippen LogP contribution is 2.20. The Labute approximate surface area is 124 Å². The number of aryl methyl sites for hydroxylation is 1. The van der Waals surface area contributed by atoms with Gasteiger partial charge >= 0.3 is 0 Å². The van der Waals surface area contributed by atoms with Crippen LogP contribution < -0.4 is 10.5 Å². The molecule has 1 atom stereocenters. The molecule has 0 saturated carbocycles. The number of nitrogens with two attached hydrogens (primary N) is 1. The maximum Gasteiger partial charge on any atom is 0.238 e. The van der Waals surface area contributed by atoms with Crippen molar-refractivity contribution in [1.29, 1.82) is 5.26 Å². The van der Waals surface area contributed by atoms with Gasteiger partial charge in [0, 0.05) is 5.69 Å². The second-order valence-electron chi connectivity index (χ2n) is 4.69. The Bertz CT molecular complexity index is 760. The van der Waals surface area contributed by atoms with Crippen LogP contribution >= 0.6 is 0 Å². The van der Waals surface area contributed by atoms with Gasteiger partial charge in [-0.3, -0.25) is 0 Å². The van der Waals surface area contributed by atoms with E-state index in [1.165, 1.54) is 12.1 Å². The van der Waals surface area contributed by atoms with E-state index in [-0.39, 0.29) is 4.90 Å². The van der Waals surface area contributed by atoms with Gasteiger partial charge in [0.1, 0.15) is 6.04 Å². The molecule has 0 aliphatic rings. The number of hydrogen-bond acceptors (Lipinski definition) is 4. The molecule has 0 amide bonds. The fraction of sp³-hybridized carbons (Fsp3) is 0.133. The van der Waals surface area contributed by atoms with Crippen molar-refractivity contribution < 1.29 is 8.42 Å². The number of sulfonamides is 1. The summed E-state index contributed by atoms with van der Waals surface area (Å²) in [6, 6.07) is 15.2. The third-order valence-corrected chi connectivity index (χ3v) is 3.96. The first-order valence-electron chi connectivity index (χ1n) is 6.26. The van der Waals surface area contributed by atoms with E-state index in [4.69, 9.17) is 5.14 Å². The van der Waals surface area contributed by atoms with E-state index >= 15 is 0 Å². The van der Waals surface area contributed by atoms with Gasteiger partial charge in [0.25, 0.3) is 0 Å². The van der Waals surface area contributed by atoms with Gasteiger partial charge in [0.2, 0.25) is 10.0 Å². The fourth-order valence-electron chi connectivity index (χ4n) is 1.86. The summed E-state index contributed by atoms with van der Waals surface area (Å²) in [6.45, 7) is 1.98. The van der Waals surface area contributed by atoms with E-state index in [9.17, 15) is 13.7 Å². The monoisotopic (exact) mass is 301 g/mol. The van der Waals surface area contributed by atoms with E-state index in [1.807, 2.05) is 31.2 Å². The minimum Gasteiger partial charge on any atom is -0.366 e. The molecular formula is C15H15N3O2S. The summed E-state index contributed by atoms with van der Waals surface area (Å²) in [5.74, 6) is 0. The normalized spacial score (nSPS) is 12.4. The third kappa shape index (κ3) is 3.81. The van der Waals surface area contributed by atoms with Crippen LogP contribution in [0.15, 0.2) is 53.4 Å². The van der Waals surface area contributed by atoms with E-state index in [1.54, 1.807) is 12.1 Å². The van der Waals surface area contributed by atoms with Gasteiger partial charge in [-0.25, -0.2) is 13.6 Å². The highest BCUT2D eigenvalue weighted by atomic mass is 32.2. The zero-order chi connectivity index (χ0) is 15.5. The van der Waals surface area contributed by atoms with Crippen molar-refractivity contribution in [3.8, 4) is 6.07 Å². The zero-order valence-corrected chi connectivity index (χ0v) is 12.3.